The number of carboxylic acids is 1. The SMILES string of the molecule is Cc1cc(-c2ccc(OCCNCC(O)c3ccc(O)c(NS(C)(=O)=O)c3)cc2)ccc1C(=O)O. The number of benzene rings is 3. The van der Waals surface area contributed by atoms with Crippen molar-refractivity contribution in [1.82, 2.24) is 5.32 Å². The minimum atomic E-state index is -3.56. The number of ether oxygens (including phenoxy) is 1. The fourth-order valence-corrected chi connectivity index (χ4v) is 4.03. The van der Waals surface area contributed by atoms with Gasteiger partial charge in [-0.25, -0.2) is 13.2 Å². The Kier molecular flexibility index (Phi) is 8.34. The zero-order valence-electron chi connectivity index (χ0n) is 19.4. The second-order valence-electron chi connectivity index (χ2n) is 8.08. The van der Waals surface area contributed by atoms with Gasteiger partial charge in [-0.05, 0) is 59.5 Å². The number of phenolic OH excluding ortho intramolecular Hbond substituents is 1. The maximum Gasteiger partial charge on any atom is 0.335 e. The maximum absolute atomic E-state index is 11.4. The first-order valence-electron chi connectivity index (χ1n) is 10.8. The van der Waals surface area contributed by atoms with Crippen LogP contribution in [0.2, 0.25) is 0 Å². The van der Waals surface area contributed by atoms with E-state index in [1.54, 1.807) is 19.1 Å². The van der Waals surface area contributed by atoms with Crippen LogP contribution in [-0.4, -0.2) is 55.7 Å². The smallest absolute Gasteiger partial charge is 0.335 e. The second kappa shape index (κ2) is 11.2. The van der Waals surface area contributed by atoms with Crippen LogP contribution in [0.3, 0.4) is 0 Å². The molecule has 0 aliphatic carbocycles. The molecule has 5 N–H and O–H groups in total. The van der Waals surface area contributed by atoms with Crippen LogP contribution in [0.15, 0.2) is 60.7 Å². The predicted molar refractivity (Wildman–Crippen MR) is 133 cm³/mol. The number of aryl methyl sites for hydroxylation is 1. The van der Waals surface area contributed by atoms with Crippen LogP contribution in [-0.2, 0) is 10.0 Å². The molecule has 3 rings (SSSR count). The molecule has 1 unspecified atom stereocenters. The van der Waals surface area contributed by atoms with Crippen molar-refractivity contribution in [2.75, 3.05) is 30.7 Å². The van der Waals surface area contributed by atoms with E-state index in [9.17, 15) is 23.4 Å². The number of hydrogen-bond acceptors (Lipinski definition) is 7. The minimum absolute atomic E-state index is 0.00354. The Hall–Kier alpha value is -3.60. The predicted octanol–water partition coefficient (Wildman–Crippen LogP) is 3.14. The van der Waals surface area contributed by atoms with Crippen molar-refractivity contribution in [2.24, 2.45) is 0 Å². The molecule has 0 aliphatic rings. The van der Waals surface area contributed by atoms with Crippen LogP contribution in [0.4, 0.5) is 5.69 Å². The van der Waals surface area contributed by atoms with Crippen LogP contribution in [0.5, 0.6) is 11.5 Å². The molecule has 0 fully saturated rings. The zero-order valence-corrected chi connectivity index (χ0v) is 20.2. The van der Waals surface area contributed by atoms with E-state index in [1.165, 1.54) is 18.2 Å². The fourth-order valence-electron chi connectivity index (χ4n) is 3.47. The highest BCUT2D eigenvalue weighted by Gasteiger charge is 2.13. The Bertz CT molecular complexity index is 1290. The Morgan fingerprint density at radius 2 is 1.71 bits per heavy atom. The van der Waals surface area contributed by atoms with Gasteiger partial charge in [0, 0.05) is 13.1 Å². The number of aliphatic hydroxyl groups is 1. The molecule has 0 aliphatic heterocycles. The van der Waals surface area contributed by atoms with Gasteiger partial charge in [-0.15, -0.1) is 0 Å². The largest absolute Gasteiger partial charge is 0.506 e. The summed E-state index contributed by atoms with van der Waals surface area (Å²) in [5.41, 5.74) is 3.28. The van der Waals surface area contributed by atoms with Gasteiger partial charge in [0.2, 0.25) is 10.0 Å². The molecule has 0 saturated carbocycles. The van der Waals surface area contributed by atoms with E-state index in [-0.39, 0.29) is 23.5 Å². The molecule has 0 spiro atoms. The highest BCUT2D eigenvalue weighted by Crippen LogP contribution is 2.28. The lowest BCUT2D eigenvalue weighted by molar-refractivity contribution is 0.0696. The van der Waals surface area contributed by atoms with Crippen molar-refractivity contribution < 1.29 is 33.3 Å². The summed E-state index contributed by atoms with van der Waals surface area (Å²) < 4.78 is 30.7. The Morgan fingerprint density at radius 1 is 1.03 bits per heavy atom. The van der Waals surface area contributed by atoms with Crippen LogP contribution >= 0.6 is 0 Å². The summed E-state index contributed by atoms with van der Waals surface area (Å²) in [5.74, 6) is -0.508. The van der Waals surface area contributed by atoms with Crippen LogP contribution in [0, 0.1) is 6.92 Å². The molecular formula is C25H28N2O7S. The van der Waals surface area contributed by atoms with E-state index < -0.39 is 22.1 Å². The average Bonchev–Trinajstić information content (AvgIpc) is 2.79. The van der Waals surface area contributed by atoms with Gasteiger partial charge in [-0.2, -0.15) is 0 Å². The highest BCUT2D eigenvalue weighted by molar-refractivity contribution is 7.92. The molecule has 35 heavy (non-hydrogen) atoms. The number of carbonyl (C=O) groups is 1. The summed E-state index contributed by atoms with van der Waals surface area (Å²) in [6.45, 7) is 2.79. The lowest BCUT2D eigenvalue weighted by Crippen LogP contribution is -2.26. The van der Waals surface area contributed by atoms with Gasteiger partial charge in [0.15, 0.2) is 0 Å². The highest BCUT2D eigenvalue weighted by atomic mass is 32.2. The summed E-state index contributed by atoms with van der Waals surface area (Å²) >= 11 is 0. The third-order valence-electron chi connectivity index (χ3n) is 5.23. The maximum atomic E-state index is 11.4. The molecule has 0 amide bonds. The summed E-state index contributed by atoms with van der Waals surface area (Å²) in [5, 5.41) is 32.4. The summed E-state index contributed by atoms with van der Waals surface area (Å²) in [6.07, 6.45) is 0.0651. The number of nitrogens with one attached hydrogen (secondary N) is 2. The lowest BCUT2D eigenvalue weighted by Gasteiger charge is -2.15. The van der Waals surface area contributed by atoms with Gasteiger partial charge < -0.3 is 25.4 Å². The lowest BCUT2D eigenvalue weighted by atomic mass is 10.00. The first-order valence-corrected chi connectivity index (χ1v) is 12.7. The van der Waals surface area contributed by atoms with Gasteiger partial charge in [-0.1, -0.05) is 30.3 Å². The number of hydrogen-bond donors (Lipinski definition) is 5. The van der Waals surface area contributed by atoms with Gasteiger partial charge in [0.25, 0.3) is 0 Å². The number of phenols is 1. The number of anilines is 1. The normalized spacial score (nSPS) is 12.2. The quantitative estimate of drug-likeness (QED) is 0.199. The number of carboxylic acid groups (broad SMARTS) is 1. The van der Waals surface area contributed by atoms with Gasteiger partial charge in [-0.3, -0.25) is 4.72 Å². The van der Waals surface area contributed by atoms with E-state index in [2.05, 4.69) is 10.0 Å². The van der Waals surface area contributed by atoms with Crippen molar-refractivity contribution >= 4 is 21.7 Å². The summed E-state index contributed by atoms with van der Waals surface area (Å²) in [4.78, 5) is 11.2. The molecule has 0 bridgehead atoms. The van der Waals surface area contributed by atoms with E-state index in [0.29, 0.717) is 30.0 Å². The molecule has 0 saturated heterocycles. The number of aromatic carboxylic acids is 1. The third kappa shape index (κ3) is 7.44. The molecule has 3 aromatic carbocycles. The molecule has 10 heteroatoms. The van der Waals surface area contributed by atoms with Crippen molar-refractivity contribution in [1.29, 1.82) is 0 Å². The zero-order chi connectivity index (χ0) is 25.6. The van der Waals surface area contributed by atoms with E-state index in [1.807, 2.05) is 30.3 Å². The van der Waals surface area contributed by atoms with Gasteiger partial charge >= 0.3 is 5.97 Å². The fraction of sp³-hybridized carbons (Fsp3) is 0.240. The standard InChI is InChI=1S/C25H28N2O7S/c1-16-13-18(5-9-21(16)25(30)31)17-3-7-20(8-4-17)34-12-11-26-15-24(29)19-6-10-23(28)22(14-19)27-35(2,32)33/h3-10,13-14,24,26-29H,11-12,15H2,1-2H3,(H,30,31). The number of aromatic hydroxyl groups is 1. The van der Waals surface area contributed by atoms with Crippen LogP contribution in [0.25, 0.3) is 11.1 Å². The Labute approximate surface area is 204 Å². The van der Waals surface area contributed by atoms with E-state index >= 15 is 0 Å². The molecule has 186 valence electrons. The van der Waals surface area contributed by atoms with Crippen LogP contribution in [0.1, 0.15) is 27.6 Å². The minimum Gasteiger partial charge on any atom is -0.506 e. The molecule has 3 aromatic rings. The second-order valence-corrected chi connectivity index (χ2v) is 9.83. The number of rotatable bonds is 11. The molecule has 0 heterocycles. The Morgan fingerprint density at radius 3 is 2.34 bits per heavy atom. The summed E-state index contributed by atoms with van der Waals surface area (Å²) in [7, 11) is -3.56. The van der Waals surface area contributed by atoms with Crippen molar-refractivity contribution in [2.45, 2.75) is 13.0 Å². The molecule has 0 aromatic heterocycles. The van der Waals surface area contributed by atoms with Crippen molar-refractivity contribution in [3.63, 3.8) is 0 Å². The van der Waals surface area contributed by atoms with Crippen LogP contribution < -0.4 is 14.8 Å². The Balaban J connectivity index is 1.47. The van der Waals surface area contributed by atoms with Crippen molar-refractivity contribution in [3.8, 4) is 22.6 Å². The monoisotopic (exact) mass is 500 g/mol. The molecular weight excluding hydrogens is 472 g/mol. The van der Waals surface area contributed by atoms with E-state index in [4.69, 9.17) is 9.84 Å². The first kappa shape index (κ1) is 26.0. The first-order chi connectivity index (χ1) is 16.5. The number of sulfonamides is 1. The molecule has 0 radical (unpaired) electrons. The topological polar surface area (TPSA) is 145 Å². The number of aliphatic hydroxyl groups excluding tert-OH is 1. The summed E-state index contributed by atoms with van der Waals surface area (Å²) in [6, 6.07) is 16.9. The molecule has 1 atom stereocenters. The van der Waals surface area contributed by atoms with E-state index in [0.717, 1.165) is 17.4 Å². The van der Waals surface area contributed by atoms with Crippen molar-refractivity contribution in [3.05, 3.63) is 77.4 Å². The third-order valence-corrected chi connectivity index (χ3v) is 5.82. The van der Waals surface area contributed by atoms with Gasteiger partial charge in [0.05, 0.1) is 23.6 Å². The van der Waals surface area contributed by atoms with Gasteiger partial charge in [0.1, 0.15) is 18.1 Å². The molecule has 9 nitrogen and oxygen atoms in total. The average molecular weight is 501 g/mol.